The normalized spacial score (nSPS) is 10.8. The molecule has 0 rings (SSSR count). The Morgan fingerprint density at radius 3 is 1.10 bits per heavy atom. The lowest BCUT2D eigenvalue weighted by molar-refractivity contribution is 0.448. The molecule has 0 saturated carbocycles. The van der Waals surface area contributed by atoms with E-state index in [0.717, 1.165) is 12.8 Å². The molecule has 0 aliphatic carbocycles. The van der Waals surface area contributed by atoms with E-state index >= 15 is 0 Å². The van der Waals surface area contributed by atoms with Gasteiger partial charge in [0.05, 0.1) is 6.67 Å². The highest BCUT2D eigenvalue weighted by Crippen LogP contribution is 2.13. The van der Waals surface area contributed by atoms with Crippen LogP contribution >= 0.6 is 0 Å². The highest BCUT2D eigenvalue weighted by molar-refractivity contribution is 4.65. The van der Waals surface area contributed by atoms with Gasteiger partial charge in [-0.25, -0.2) is 0 Å². The largest absolute Gasteiger partial charge is 0.251 e. The van der Waals surface area contributed by atoms with Gasteiger partial charge >= 0.3 is 0 Å². The fourth-order valence-electron chi connectivity index (χ4n) is 2.68. The number of halogens is 1. The Morgan fingerprint density at radius 1 is 0.500 bits per heavy atom. The van der Waals surface area contributed by atoms with Crippen molar-refractivity contribution in [3.63, 3.8) is 0 Å². The standard InChI is InChI=1S/C19H37F/c1-2-3-4-5-6-7-8-9-10-11-12-13-14-15-16-17-18-19-20/h2H,1,3-19H2. The summed E-state index contributed by atoms with van der Waals surface area (Å²) in [6, 6.07) is 0. The Morgan fingerprint density at radius 2 is 0.800 bits per heavy atom. The minimum atomic E-state index is -0.131. The summed E-state index contributed by atoms with van der Waals surface area (Å²) in [5, 5.41) is 0. The second kappa shape index (κ2) is 18.7. The molecular formula is C19H37F. The van der Waals surface area contributed by atoms with Crippen LogP contribution in [0.15, 0.2) is 12.7 Å². The van der Waals surface area contributed by atoms with Crippen LogP contribution in [0.25, 0.3) is 0 Å². The first-order valence-electron chi connectivity index (χ1n) is 9.08. The van der Waals surface area contributed by atoms with Crippen molar-refractivity contribution in [2.24, 2.45) is 0 Å². The van der Waals surface area contributed by atoms with Gasteiger partial charge in [-0.3, -0.25) is 4.39 Å². The Labute approximate surface area is 127 Å². The predicted octanol–water partition coefficient (Wildman–Crippen LogP) is 7.38. The van der Waals surface area contributed by atoms with Gasteiger partial charge in [0.1, 0.15) is 0 Å². The lowest BCUT2D eigenvalue weighted by Crippen LogP contribution is -1.84. The van der Waals surface area contributed by atoms with Gasteiger partial charge in [0.25, 0.3) is 0 Å². The zero-order valence-corrected chi connectivity index (χ0v) is 13.7. The van der Waals surface area contributed by atoms with Crippen molar-refractivity contribution in [1.29, 1.82) is 0 Å². The molecule has 0 spiro atoms. The maximum absolute atomic E-state index is 11.9. The number of unbranched alkanes of at least 4 members (excludes halogenated alkanes) is 15. The smallest absolute Gasteiger partial charge is 0.0894 e. The second-order valence-electron chi connectivity index (χ2n) is 6.07. The van der Waals surface area contributed by atoms with Crippen LogP contribution in [0.1, 0.15) is 103 Å². The molecule has 120 valence electrons. The van der Waals surface area contributed by atoms with Crippen LogP contribution in [0.3, 0.4) is 0 Å². The van der Waals surface area contributed by atoms with Gasteiger partial charge in [0.15, 0.2) is 0 Å². The molecule has 0 atom stereocenters. The fourth-order valence-corrected chi connectivity index (χ4v) is 2.68. The number of allylic oxidation sites excluding steroid dienone is 1. The molecule has 0 nitrogen and oxygen atoms in total. The Hall–Kier alpha value is -0.330. The summed E-state index contributed by atoms with van der Waals surface area (Å²) in [5.74, 6) is 0. The molecular weight excluding hydrogens is 247 g/mol. The monoisotopic (exact) mass is 284 g/mol. The zero-order chi connectivity index (χ0) is 14.7. The highest BCUT2D eigenvalue weighted by Gasteiger charge is 1.94. The maximum Gasteiger partial charge on any atom is 0.0894 e. The number of hydrogen-bond acceptors (Lipinski definition) is 0. The van der Waals surface area contributed by atoms with Gasteiger partial charge in [-0.15, -0.1) is 6.58 Å². The third kappa shape index (κ3) is 17.7. The number of alkyl halides is 1. The van der Waals surface area contributed by atoms with Gasteiger partial charge in [0, 0.05) is 0 Å². The topological polar surface area (TPSA) is 0 Å². The van der Waals surface area contributed by atoms with Crippen molar-refractivity contribution in [2.75, 3.05) is 6.67 Å². The predicted molar refractivity (Wildman–Crippen MR) is 90.0 cm³/mol. The van der Waals surface area contributed by atoms with Gasteiger partial charge in [0.2, 0.25) is 0 Å². The van der Waals surface area contributed by atoms with E-state index in [1.54, 1.807) is 0 Å². The minimum Gasteiger partial charge on any atom is -0.251 e. The molecule has 1 heteroatoms. The summed E-state index contributed by atoms with van der Waals surface area (Å²) in [6.07, 6.45) is 23.0. The Bertz CT molecular complexity index is 177. The molecule has 0 radical (unpaired) electrons. The van der Waals surface area contributed by atoms with Crippen LogP contribution < -0.4 is 0 Å². The molecule has 0 N–H and O–H groups in total. The lowest BCUT2D eigenvalue weighted by atomic mass is 10.0. The molecule has 0 saturated heterocycles. The number of rotatable bonds is 17. The summed E-state index contributed by atoms with van der Waals surface area (Å²) < 4.78 is 11.9. The van der Waals surface area contributed by atoms with Crippen LogP contribution in [0.2, 0.25) is 0 Å². The maximum atomic E-state index is 11.9. The van der Waals surface area contributed by atoms with Gasteiger partial charge in [-0.2, -0.15) is 0 Å². The van der Waals surface area contributed by atoms with Crippen LogP contribution in [-0.4, -0.2) is 6.67 Å². The van der Waals surface area contributed by atoms with Crippen molar-refractivity contribution in [3.8, 4) is 0 Å². The molecule has 0 heterocycles. The van der Waals surface area contributed by atoms with E-state index in [1.165, 1.54) is 89.9 Å². The molecule has 0 unspecified atom stereocenters. The van der Waals surface area contributed by atoms with E-state index < -0.39 is 0 Å². The molecule has 0 bridgehead atoms. The molecule has 0 aromatic carbocycles. The summed E-state index contributed by atoms with van der Waals surface area (Å²) in [6.45, 7) is 3.62. The molecule has 0 aromatic heterocycles. The van der Waals surface area contributed by atoms with Crippen molar-refractivity contribution in [2.45, 2.75) is 103 Å². The van der Waals surface area contributed by atoms with Crippen LogP contribution in [0.4, 0.5) is 4.39 Å². The van der Waals surface area contributed by atoms with E-state index in [4.69, 9.17) is 0 Å². The molecule has 0 aliphatic rings. The molecule has 0 fully saturated rings. The molecule has 0 aromatic rings. The summed E-state index contributed by atoms with van der Waals surface area (Å²) in [5.41, 5.74) is 0. The van der Waals surface area contributed by atoms with E-state index in [9.17, 15) is 4.39 Å². The molecule has 0 aliphatic heterocycles. The summed E-state index contributed by atoms with van der Waals surface area (Å²) in [7, 11) is 0. The third-order valence-corrected chi connectivity index (χ3v) is 4.04. The fraction of sp³-hybridized carbons (Fsp3) is 0.895. The first-order valence-corrected chi connectivity index (χ1v) is 9.08. The van der Waals surface area contributed by atoms with E-state index in [2.05, 4.69) is 6.58 Å². The van der Waals surface area contributed by atoms with E-state index in [-0.39, 0.29) is 6.67 Å². The molecule has 0 amide bonds. The van der Waals surface area contributed by atoms with Gasteiger partial charge < -0.3 is 0 Å². The first-order chi connectivity index (χ1) is 9.91. The van der Waals surface area contributed by atoms with Gasteiger partial charge in [-0.1, -0.05) is 89.5 Å². The van der Waals surface area contributed by atoms with Gasteiger partial charge in [-0.05, 0) is 19.3 Å². The SMILES string of the molecule is C=CCCCCCCCCCCCCCCCCCF. The van der Waals surface area contributed by atoms with Crippen molar-refractivity contribution < 1.29 is 4.39 Å². The Balaban J connectivity index is 2.90. The first kappa shape index (κ1) is 19.7. The van der Waals surface area contributed by atoms with Crippen molar-refractivity contribution >= 4 is 0 Å². The summed E-state index contributed by atoms with van der Waals surface area (Å²) in [4.78, 5) is 0. The highest BCUT2D eigenvalue weighted by atomic mass is 19.1. The Kier molecular flexibility index (Phi) is 18.4. The van der Waals surface area contributed by atoms with Crippen molar-refractivity contribution in [3.05, 3.63) is 12.7 Å². The van der Waals surface area contributed by atoms with Crippen LogP contribution in [0, 0.1) is 0 Å². The zero-order valence-electron chi connectivity index (χ0n) is 13.7. The van der Waals surface area contributed by atoms with Crippen molar-refractivity contribution in [1.82, 2.24) is 0 Å². The van der Waals surface area contributed by atoms with Crippen LogP contribution in [0.5, 0.6) is 0 Å². The number of hydrogen-bond donors (Lipinski definition) is 0. The average molecular weight is 285 g/mol. The quantitative estimate of drug-likeness (QED) is 0.193. The third-order valence-electron chi connectivity index (χ3n) is 4.04. The van der Waals surface area contributed by atoms with Crippen LogP contribution in [-0.2, 0) is 0 Å². The second-order valence-corrected chi connectivity index (χ2v) is 6.07. The lowest BCUT2D eigenvalue weighted by Gasteiger charge is -2.03. The molecule has 20 heavy (non-hydrogen) atoms. The summed E-state index contributed by atoms with van der Waals surface area (Å²) >= 11 is 0. The van der Waals surface area contributed by atoms with E-state index in [1.807, 2.05) is 6.08 Å². The average Bonchev–Trinajstić information content (AvgIpc) is 2.47. The van der Waals surface area contributed by atoms with E-state index in [0.29, 0.717) is 0 Å². The minimum absolute atomic E-state index is 0.131.